The Morgan fingerprint density at radius 2 is 0.700 bits per heavy atom. The average Bonchev–Trinajstić information content (AvgIpc) is 3.13. The standard InChI is InChI=1S/C40H37O8P2/c1-40(2,32-24-28-38(29-25-32)45-49(41,43-34-16-8-4-9-17-34)44-35-18-10-5-11-19-35)33-26-30-39(31-27-33)48-50(42-3,46-36-20-12-6-13-21-36)47-37-22-14-7-15-23-37/h4-31H,1-3H3/q+1. The van der Waals surface area contributed by atoms with Crippen molar-refractivity contribution < 1.29 is 36.2 Å². The lowest BCUT2D eigenvalue weighted by molar-refractivity contribution is 0.217. The molecule has 8 nitrogen and oxygen atoms in total. The quantitative estimate of drug-likeness (QED) is 0.0976. The summed E-state index contributed by atoms with van der Waals surface area (Å²) in [6.07, 6.45) is 0. The van der Waals surface area contributed by atoms with Gasteiger partial charge in [-0.3, -0.25) is 0 Å². The van der Waals surface area contributed by atoms with Crippen molar-refractivity contribution >= 4 is 16.0 Å². The number of hydrogen-bond acceptors (Lipinski definition) is 8. The third-order valence-electron chi connectivity index (χ3n) is 7.65. The van der Waals surface area contributed by atoms with E-state index in [0.29, 0.717) is 34.5 Å². The van der Waals surface area contributed by atoms with Crippen LogP contribution in [0.2, 0.25) is 0 Å². The van der Waals surface area contributed by atoms with Crippen LogP contribution in [-0.4, -0.2) is 7.11 Å². The molecule has 50 heavy (non-hydrogen) atoms. The van der Waals surface area contributed by atoms with Gasteiger partial charge in [0.15, 0.2) is 17.2 Å². The highest BCUT2D eigenvalue weighted by atomic mass is 31.2. The van der Waals surface area contributed by atoms with Crippen molar-refractivity contribution in [3.8, 4) is 34.5 Å². The summed E-state index contributed by atoms with van der Waals surface area (Å²) in [6.45, 7) is 4.23. The van der Waals surface area contributed by atoms with Gasteiger partial charge in [0, 0.05) is 5.41 Å². The van der Waals surface area contributed by atoms with Gasteiger partial charge < -0.3 is 13.6 Å². The van der Waals surface area contributed by atoms with E-state index in [9.17, 15) is 4.57 Å². The van der Waals surface area contributed by atoms with Crippen molar-refractivity contribution in [3.05, 3.63) is 181 Å². The lowest BCUT2D eigenvalue weighted by Crippen LogP contribution is -2.19. The maximum Gasteiger partial charge on any atom is 0.717 e. The molecule has 0 spiro atoms. The van der Waals surface area contributed by atoms with Crippen molar-refractivity contribution in [2.75, 3.05) is 7.11 Å². The second-order valence-electron chi connectivity index (χ2n) is 11.6. The van der Waals surface area contributed by atoms with E-state index in [2.05, 4.69) is 13.8 Å². The molecular formula is C40H37O8P2+. The summed E-state index contributed by atoms with van der Waals surface area (Å²) in [5.74, 6) is 2.68. The molecule has 0 saturated carbocycles. The van der Waals surface area contributed by atoms with Gasteiger partial charge in [-0.25, -0.2) is 13.6 Å². The first-order chi connectivity index (χ1) is 24.2. The number of hydrogen-bond donors (Lipinski definition) is 0. The van der Waals surface area contributed by atoms with Gasteiger partial charge in [0.05, 0.1) is 7.11 Å². The molecule has 0 heterocycles. The van der Waals surface area contributed by atoms with Crippen LogP contribution in [0.5, 0.6) is 34.5 Å². The van der Waals surface area contributed by atoms with Gasteiger partial charge in [-0.2, -0.15) is 4.57 Å². The minimum absolute atomic E-state index is 0.334. The van der Waals surface area contributed by atoms with Crippen molar-refractivity contribution in [2.45, 2.75) is 19.3 Å². The molecule has 0 saturated heterocycles. The topological polar surface area (TPSA) is 81.7 Å². The fourth-order valence-electron chi connectivity index (χ4n) is 4.96. The molecule has 0 atom stereocenters. The number of para-hydroxylation sites is 4. The smallest absolute Gasteiger partial charge is 0.386 e. The zero-order valence-electron chi connectivity index (χ0n) is 27.8. The van der Waals surface area contributed by atoms with Crippen LogP contribution in [0, 0.1) is 0 Å². The SMILES string of the molecule is CO[P+](Oc1ccccc1)(Oc1ccccc1)Oc1ccc(C(C)(C)c2ccc(OP(=O)(Oc3ccccc3)Oc3ccccc3)cc2)cc1. The van der Waals surface area contributed by atoms with E-state index in [1.807, 2.05) is 109 Å². The third-order valence-corrected chi connectivity index (χ3v) is 10.7. The van der Waals surface area contributed by atoms with Gasteiger partial charge in [0.1, 0.15) is 17.2 Å². The predicted molar refractivity (Wildman–Crippen MR) is 196 cm³/mol. The molecule has 6 aromatic rings. The van der Waals surface area contributed by atoms with E-state index in [1.165, 1.54) is 7.11 Å². The van der Waals surface area contributed by atoms with Crippen molar-refractivity contribution in [3.63, 3.8) is 0 Å². The normalized spacial score (nSPS) is 11.7. The van der Waals surface area contributed by atoms with Crippen LogP contribution in [0.4, 0.5) is 0 Å². The van der Waals surface area contributed by atoms with Gasteiger partial charge in [-0.05, 0) is 83.9 Å². The molecule has 0 bridgehead atoms. The Hall–Kier alpha value is -5.26. The van der Waals surface area contributed by atoms with Gasteiger partial charge in [0.2, 0.25) is 0 Å². The van der Waals surface area contributed by atoms with Crippen molar-refractivity contribution in [1.82, 2.24) is 0 Å². The average molecular weight is 708 g/mol. The molecule has 0 amide bonds. The lowest BCUT2D eigenvalue weighted by Gasteiger charge is -2.27. The predicted octanol–water partition coefficient (Wildman–Crippen LogP) is 11.5. The monoisotopic (exact) mass is 707 g/mol. The van der Waals surface area contributed by atoms with Gasteiger partial charge in [0.25, 0.3) is 0 Å². The third kappa shape index (κ3) is 8.85. The molecule has 0 fully saturated rings. The number of phosphoric acid groups is 1. The van der Waals surface area contributed by atoms with Gasteiger partial charge >= 0.3 is 16.0 Å². The first-order valence-electron chi connectivity index (χ1n) is 15.9. The molecule has 254 valence electrons. The van der Waals surface area contributed by atoms with Crippen molar-refractivity contribution in [2.24, 2.45) is 0 Å². The Balaban J connectivity index is 1.19. The summed E-state index contributed by atoms with van der Waals surface area (Å²) in [5.41, 5.74) is 1.61. The highest BCUT2D eigenvalue weighted by Gasteiger charge is 2.53. The van der Waals surface area contributed by atoms with E-state index in [-0.39, 0.29) is 0 Å². The molecule has 6 aromatic carbocycles. The second kappa shape index (κ2) is 15.5. The van der Waals surface area contributed by atoms with Crippen LogP contribution in [-0.2, 0) is 14.5 Å². The van der Waals surface area contributed by atoms with E-state index in [4.69, 9.17) is 31.7 Å². The fraction of sp³-hybridized carbons (Fsp3) is 0.100. The molecular weight excluding hydrogens is 670 g/mol. The van der Waals surface area contributed by atoms with E-state index >= 15 is 0 Å². The minimum atomic E-state index is -4.11. The lowest BCUT2D eigenvalue weighted by atomic mass is 9.78. The molecule has 0 N–H and O–H groups in total. The zero-order valence-corrected chi connectivity index (χ0v) is 29.6. The van der Waals surface area contributed by atoms with Crippen LogP contribution >= 0.6 is 16.0 Å². The second-order valence-corrected chi connectivity index (χ2v) is 14.8. The summed E-state index contributed by atoms with van der Waals surface area (Å²) in [5, 5.41) is 0. The van der Waals surface area contributed by atoms with E-state index < -0.39 is 21.4 Å². The summed E-state index contributed by atoms with van der Waals surface area (Å²) in [7, 11) is -5.99. The van der Waals surface area contributed by atoms with Crippen LogP contribution in [0.15, 0.2) is 170 Å². The maximum absolute atomic E-state index is 13.9. The first-order valence-corrected chi connectivity index (χ1v) is 18.8. The molecule has 6 rings (SSSR count). The van der Waals surface area contributed by atoms with Crippen LogP contribution in [0.3, 0.4) is 0 Å². The maximum atomic E-state index is 13.9. The van der Waals surface area contributed by atoms with Gasteiger partial charge in [-0.1, -0.05) is 111 Å². The first kappa shape index (κ1) is 34.6. The largest absolute Gasteiger partial charge is 0.717 e. The summed E-state index contributed by atoms with van der Waals surface area (Å²) in [4.78, 5) is 0. The Morgan fingerprint density at radius 3 is 1.04 bits per heavy atom. The Kier molecular flexibility index (Phi) is 10.7. The Bertz CT molecular complexity index is 1890. The Labute approximate surface area is 293 Å². The summed E-state index contributed by atoms with van der Waals surface area (Å²) < 4.78 is 56.0. The molecule has 0 aliphatic heterocycles. The van der Waals surface area contributed by atoms with Crippen LogP contribution in [0.1, 0.15) is 25.0 Å². The summed E-state index contributed by atoms with van der Waals surface area (Å²) in [6, 6.07) is 51.2. The highest BCUT2D eigenvalue weighted by molar-refractivity contribution is 7.57. The number of benzene rings is 6. The highest BCUT2D eigenvalue weighted by Crippen LogP contribution is 2.61. The van der Waals surface area contributed by atoms with E-state index in [1.54, 1.807) is 60.7 Å². The molecule has 0 aliphatic carbocycles. The molecule has 0 aliphatic rings. The zero-order chi connectivity index (χ0) is 34.9. The summed E-state index contributed by atoms with van der Waals surface area (Å²) >= 11 is 0. The van der Waals surface area contributed by atoms with Crippen molar-refractivity contribution in [1.29, 1.82) is 0 Å². The molecule has 0 radical (unpaired) electrons. The minimum Gasteiger partial charge on any atom is -0.386 e. The van der Waals surface area contributed by atoms with Crippen LogP contribution < -0.4 is 27.1 Å². The molecule has 0 unspecified atom stereocenters. The Morgan fingerprint density at radius 1 is 0.420 bits per heavy atom. The van der Waals surface area contributed by atoms with Gasteiger partial charge in [-0.15, -0.1) is 4.52 Å². The molecule has 10 heteroatoms. The number of phosphoric ester groups is 1. The van der Waals surface area contributed by atoms with E-state index in [0.717, 1.165) is 11.1 Å². The fourth-order valence-corrected chi connectivity index (χ4v) is 7.68. The number of rotatable bonds is 15. The molecule has 0 aromatic heterocycles. The van der Waals surface area contributed by atoms with Crippen LogP contribution in [0.25, 0.3) is 0 Å².